The number of carbonyl (C=O) groups excluding carboxylic acids is 2. The predicted molar refractivity (Wildman–Crippen MR) is 102 cm³/mol. The minimum Gasteiger partial charge on any atom is -0.456 e. The number of nitrogens with one attached hydrogen (secondary N) is 1. The summed E-state index contributed by atoms with van der Waals surface area (Å²) in [6.45, 7) is -2.99. The summed E-state index contributed by atoms with van der Waals surface area (Å²) in [5, 5.41) is 1.47. The summed E-state index contributed by atoms with van der Waals surface area (Å²) >= 11 is 5.73. The Hall–Kier alpha value is -3.20. The number of amides is 1. The van der Waals surface area contributed by atoms with Gasteiger partial charge >= 0.3 is 6.18 Å². The third-order valence-corrected chi connectivity index (χ3v) is 4.15. The summed E-state index contributed by atoms with van der Waals surface area (Å²) in [6.07, 6.45) is -2.67. The van der Waals surface area contributed by atoms with Crippen molar-refractivity contribution in [2.24, 2.45) is 4.99 Å². The highest BCUT2D eigenvalue weighted by Crippen LogP contribution is 2.40. The van der Waals surface area contributed by atoms with Gasteiger partial charge in [-0.25, -0.2) is 4.39 Å². The van der Waals surface area contributed by atoms with Gasteiger partial charge in [-0.05, 0) is 42.7 Å². The molecule has 10 heteroatoms. The molecule has 0 radical (unpaired) electrons. The normalized spacial score (nSPS) is 15.7. The van der Waals surface area contributed by atoms with Crippen LogP contribution < -0.4 is 10.1 Å². The molecule has 1 N–H and O–H groups in total. The number of aliphatic imine (C=N–C) groups is 1. The molecule has 0 spiro atoms. The van der Waals surface area contributed by atoms with E-state index in [2.05, 4.69) is 10.3 Å². The van der Waals surface area contributed by atoms with E-state index in [1.807, 2.05) is 0 Å². The number of hydrogen-bond acceptors (Lipinski definition) is 4. The molecule has 3 rings (SSSR count). The van der Waals surface area contributed by atoms with Crippen molar-refractivity contribution >= 4 is 29.5 Å². The van der Waals surface area contributed by atoms with E-state index < -0.39 is 63.7 Å². The first-order chi connectivity index (χ1) is 15.3. The highest BCUT2D eigenvalue weighted by Gasteiger charge is 2.35. The van der Waals surface area contributed by atoms with Crippen LogP contribution in [0.2, 0.25) is 5.02 Å². The van der Waals surface area contributed by atoms with E-state index in [1.165, 1.54) is 6.21 Å². The molecular formula is C20H13ClF4N2O3. The first kappa shape index (κ1) is 17.6. The van der Waals surface area contributed by atoms with Crippen molar-refractivity contribution in [1.82, 2.24) is 5.32 Å². The van der Waals surface area contributed by atoms with Gasteiger partial charge in [0.25, 0.3) is 5.91 Å². The molecular weight excluding hydrogens is 428 g/mol. The number of rotatable bonds is 4. The minimum absolute atomic E-state index is 0.0248. The number of ketones is 1. The Labute approximate surface area is 177 Å². The second-order valence-corrected chi connectivity index (χ2v) is 6.47. The van der Waals surface area contributed by atoms with Crippen molar-refractivity contribution in [2.75, 3.05) is 6.54 Å². The Balaban J connectivity index is 2.10. The number of benzene rings is 2. The van der Waals surface area contributed by atoms with Gasteiger partial charge < -0.3 is 10.1 Å². The standard InChI is InChI=1S/C20H13ClF4N2O3/c1-10-4-11(22)2-3-17(10)30-18-7-15(20(23,24)25)16(21)6-14(18)19(29)27-12-5-13(28)9-26-8-12/h2-8H,9H2,1H3,(H,27,29)/i1D3. The van der Waals surface area contributed by atoms with Crippen LogP contribution in [-0.4, -0.2) is 24.4 Å². The Morgan fingerprint density at radius 2 is 2.03 bits per heavy atom. The monoisotopic (exact) mass is 443 g/mol. The molecule has 0 saturated carbocycles. The lowest BCUT2D eigenvalue weighted by molar-refractivity contribution is -0.137. The molecule has 5 nitrogen and oxygen atoms in total. The summed E-state index contributed by atoms with van der Waals surface area (Å²) in [5.41, 5.74) is -2.49. The fourth-order valence-corrected chi connectivity index (χ4v) is 2.77. The first-order valence-electron chi connectivity index (χ1n) is 9.70. The van der Waals surface area contributed by atoms with Crippen LogP contribution in [0.15, 0.2) is 47.1 Å². The van der Waals surface area contributed by atoms with Crippen LogP contribution in [0.1, 0.15) is 25.6 Å². The fraction of sp³-hybridized carbons (Fsp3) is 0.150. The van der Waals surface area contributed by atoms with Gasteiger partial charge in [0.15, 0.2) is 5.78 Å². The number of nitrogens with zero attached hydrogens (tertiary/aromatic N) is 1. The van der Waals surface area contributed by atoms with E-state index in [4.69, 9.17) is 20.5 Å². The average Bonchev–Trinajstić information content (AvgIpc) is 2.68. The van der Waals surface area contributed by atoms with Crippen molar-refractivity contribution in [1.29, 1.82) is 0 Å². The molecule has 0 unspecified atom stereocenters. The number of hydrogen-bond donors (Lipinski definition) is 1. The molecule has 2 aromatic carbocycles. The summed E-state index contributed by atoms with van der Waals surface area (Å²) < 4.78 is 81.8. The van der Waals surface area contributed by atoms with Crippen molar-refractivity contribution in [3.8, 4) is 11.5 Å². The maximum atomic E-state index is 13.6. The van der Waals surface area contributed by atoms with Crippen molar-refractivity contribution < 1.29 is 36.0 Å². The summed E-state index contributed by atoms with van der Waals surface area (Å²) in [4.78, 5) is 28.0. The largest absolute Gasteiger partial charge is 0.456 e. The zero-order valence-corrected chi connectivity index (χ0v) is 15.6. The maximum absolute atomic E-state index is 13.6. The van der Waals surface area contributed by atoms with Crippen LogP contribution in [0.4, 0.5) is 17.6 Å². The van der Waals surface area contributed by atoms with Gasteiger partial charge in [-0.3, -0.25) is 14.6 Å². The van der Waals surface area contributed by atoms with E-state index in [0.29, 0.717) is 18.2 Å². The summed E-state index contributed by atoms with van der Waals surface area (Å²) in [5.74, 6) is -3.52. The van der Waals surface area contributed by atoms with Crippen molar-refractivity contribution in [3.05, 3.63) is 69.6 Å². The Morgan fingerprint density at radius 1 is 1.27 bits per heavy atom. The molecule has 1 aliphatic heterocycles. The second-order valence-electron chi connectivity index (χ2n) is 6.06. The highest BCUT2D eigenvalue weighted by molar-refractivity contribution is 6.32. The smallest absolute Gasteiger partial charge is 0.417 e. The lowest BCUT2D eigenvalue weighted by Crippen LogP contribution is -2.27. The van der Waals surface area contributed by atoms with Crippen LogP contribution in [-0.2, 0) is 11.0 Å². The number of carbonyl (C=O) groups is 2. The number of halogens is 5. The quantitative estimate of drug-likeness (QED) is 0.686. The predicted octanol–water partition coefficient (Wildman–Crippen LogP) is 4.87. The molecule has 0 atom stereocenters. The third-order valence-electron chi connectivity index (χ3n) is 3.83. The summed E-state index contributed by atoms with van der Waals surface area (Å²) in [6, 6.07) is 3.53. The van der Waals surface area contributed by atoms with Crippen molar-refractivity contribution in [3.63, 3.8) is 0 Å². The van der Waals surface area contributed by atoms with Gasteiger partial charge in [-0.15, -0.1) is 0 Å². The van der Waals surface area contributed by atoms with E-state index in [9.17, 15) is 27.2 Å². The molecule has 1 aliphatic rings. The van der Waals surface area contributed by atoms with Gasteiger partial charge in [0.05, 0.1) is 21.8 Å². The molecule has 0 saturated heterocycles. The van der Waals surface area contributed by atoms with E-state index in [1.54, 1.807) is 0 Å². The van der Waals surface area contributed by atoms with Crippen LogP contribution in [0.3, 0.4) is 0 Å². The van der Waals surface area contributed by atoms with Crippen LogP contribution in [0, 0.1) is 12.7 Å². The lowest BCUT2D eigenvalue weighted by atomic mass is 10.1. The lowest BCUT2D eigenvalue weighted by Gasteiger charge is -2.17. The number of dihydropyridines is 1. The van der Waals surface area contributed by atoms with Crippen molar-refractivity contribution in [2.45, 2.75) is 13.0 Å². The van der Waals surface area contributed by atoms with E-state index >= 15 is 0 Å². The molecule has 1 heterocycles. The minimum atomic E-state index is -4.93. The second kappa shape index (κ2) is 8.27. The maximum Gasteiger partial charge on any atom is 0.417 e. The molecule has 2 aromatic rings. The molecule has 0 fully saturated rings. The summed E-state index contributed by atoms with van der Waals surface area (Å²) in [7, 11) is 0. The van der Waals surface area contributed by atoms with Gasteiger partial charge in [-0.1, -0.05) is 11.6 Å². The first-order valence-corrected chi connectivity index (χ1v) is 8.58. The average molecular weight is 444 g/mol. The number of aryl methyl sites for hydroxylation is 1. The van der Waals surface area contributed by atoms with Crippen LogP contribution in [0.5, 0.6) is 11.5 Å². The van der Waals surface area contributed by atoms with E-state index in [-0.39, 0.29) is 12.2 Å². The van der Waals surface area contributed by atoms with Gasteiger partial charge in [0.1, 0.15) is 23.9 Å². The Morgan fingerprint density at radius 3 is 2.70 bits per heavy atom. The number of alkyl halides is 3. The third kappa shape index (κ3) is 4.85. The van der Waals surface area contributed by atoms with Gasteiger partial charge in [0, 0.05) is 16.4 Å². The molecule has 0 aromatic heterocycles. The number of ether oxygens (including phenoxy) is 1. The molecule has 0 aliphatic carbocycles. The zero-order valence-electron chi connectivity index (χ0n) is 17.8. The molecule has 30 heavy (non-hydrogen) atoms. The topological polar surface area (TPSA) is 67.8 Å². The SMILES string of the molecule is [2H]C([2H])([2H])c1cc(F)ccc1Oc1cc(C(F)(F)F)c(Cl)cc1C(=O)NC1=CC(=O)CN=C1. The van der Waals surface area contributed by atoms with Gasteiger partial charge in [0.2, 0.25) is 0 Å². The number of allylic oxidation sites excluding steroid dienone is 1. The molecule has 0 bridgehead atoms. The van der Waals surface area contributed by atoms with Crippen LogP contribution in [0.25, 0.3) is 0 Å². The highest BCUT2D eigenvalue weighted by atomic mass is 35.5. The molecule has 156 valence electrons. The fourth-order valence-electron chi connectivity index (χ4n) is 2.50. The Kier molecular flexibility index (Phi) is 4.86. The van der Waals surface area contributed by atoms with Crippen LogP contribution >= 0.6 is 11.6 Å². The zero-order chi connectivity index (χ0) is 24.6. The van der Waals surface area contributed by atoms with E-state index in [0.717, 1.165) is 18.2 Å². The Bertz CT molecular complexity index is 1190. The molecule has 1 amide bonds. The van der Waals surface area contributed by atoms with Gasteiger partial charge in [-0.2, -0.15) is 13.2 Å².